The van der Waals surface area contributed by atoms with Gasteiger partial charge in [0.2, 0.25) is 18.2 Å². The van der Waals surface area contributed by atoms with E-state index in [4.69, 9.17) is 9.84 Å². The van der Waals surface area contributed by atoms with Gasteiger partial charge in [-0.2, -0.15) is 4.98 Å². The molecule has 216 valence electrons. The van der Waals surface area contributed by atoms with Gasteiger partial charge >= 0.3 is 6.03 Å². The Morgan fingerprint density at radius 3 is 2.51 bits per heavy atom. The summed E-state index contributed by atoms with van der Waals surface area (Å²) in [4.78, 5) is 45.2. The summed E-state index contributed by atoms with van der Waals surface area (Å²) in [7, 11) is 4.71. The van der Waals surface area contributed by atoms with Crippen LogP contribution in [0.15, 0.2) is 24.7 Å². The topological polar surface area (TPSA) is 149 Å². The predicted molar refractivity (Wildman–Crippen MR) is 147 cm³/mol. The second kappa shape index (κ2) is 17.0. The van der Waals surface area contributed by atoms with Crippen LogP contribution in [-0.4, -0.2) is 113 Å². The van der Waals surface area contributed by atoms with E-state index in [0.29, 0.717) is 37.2 Å². The van der Waals surface area contributed by atoms with Crippen LogP contribution in [0.1, 0.15) is 32.6 Å². The number of halogens is 1. The van der Waals surface area contributed by atoms with E-state index in [-0.39, 0.29) is 18.8 Å². The van der Waals surface area contributed by atoms with Crippen molar-refractivity contribution >= 4 is 30.0 Å². The van der Waals surface area contributed by atoms with Crippen LogP contribution in [0.2, 0.25) is 0 Å². The minimum atomic E-state index is -1.21. The molecule has 3 amide bonds. The zero-order valence-electron chi connectivity index (χ0n) is 23.1. The van der Waals surface area contributed by atoms with Crippen LogP contribution in [0, 0.1) is 0 Å². The summed E-state index contributed by atoms with van der Waals surface area (Å²) in [6, 6.07) is 0.315. The molecule has 0 bridgehead atoms. The fourth-order valence-corrected chi connectivity index (χ4v) is 4.09. The van der Waals surface area contributed by atoms with Crippen LogP contribution in [0.25, 0.3) is 0 Å². The van der Waals surface area contributed by atoms with Gasteiger partial charge in [0.25, 0.3) is 0 Å². The van der Waals surface area contributed by atoms with Crippen molar-refractivity contribution in [1.29, 1.82) is 0 Å². The number of ether oxygens (including phenoxy) is 1. The van der Waals surface area contributed by atoms with E-state index in [2.05, 4.69) is 42.5 Å². The highest BCUT2D eigenvalue weighted by molar-refractivity contribution is 5.88. The maximum atomic E-state index is 14.6. The third-order valence-electron chi connectivity index (χ3n) is 6.19. The highest BCUT2D eigenvalue weighted by Gasteiger charge is 2.35. The normalized spacial score (nSPS) is 18.9. The van der Waals surface area contributed by atoms with Gasteiger partial charge in [-0.15, -0.1) is 0 Å². The highest BCUT2D eigenvalue weighted by atomic mass is 19.1. The zero-order valence-corrected chi connectivity index (χ0v) is 23.1. The van der Waals surface area contributed by atoms with E-state index in [1.165, 1.54) is 62.9 Å². The number of hydrogen-bond acceptors (Lipinski definition) is 10. The molecule has 14 heteroatoms. The van der Waals surface area contributed by atoms with Crippen molar-refractivity contribution in [2.45, 2.75) is 44.8 Å². The maximum Gasteiger partial charge on any atom is 0.323 e. The molecule has 0 aliphatic carbocycles. The summed E-state index contributed by atoms with van der Waals surface area (Å²) in [5.74, 6) is 1.27. The van der Waals surface area contributed by atoms with Crippen molar-refractivity contribution in [3.63, 3.8) is 0 Å². The Morgan fingerprint density at radius 2 is 1.92 bits per heavy atom. The Morgan fingerprint density at radius 1 is 1.18 bits per heavy atom. The molecule has 2 unspecified atom stereocenters. The van der Waals surface area contributed by atoms with Crippen LogP contribution in [0.5, 0.6) is 5.88 Å². The van der Waals surface area contributed by atoms with Crippen LogP contribution in [-0.2, 0) is 4.79 Å². The van der Waals surface area contributed by atoms with E-state index >= 15 is 0 Å². The fourth-order valence-electron chi connectivity index (χ4n) is 4.09. The molecule has 2 aliphatic heterocycles. The number of carbonyl (C=O) groups excluding carboxylic acids is 2. The van der Waals surface area contributed by atoms with E-state index in [0.717, 1.165) is 7.11 Å². The molecule has 2 aromatic rings. The lowest BCUT2D eigenvalue weighted by molar-refractivity contribution is -0.105. The number of alkyl halides is 1. The van der Waals surface area contributed by atoms with Crippen LogP contribution >= 0.6 is 0 Å². The number of nitrogens with zero attached hydrogens (tertiary/aromatic N) is 7. The second-order valence-electron chi connectivity index (χ2n) is 8.90. The van der Waals surface area contributed by atoms with Crippen LogP contribution in [0.3, 0.4) is 0 Å². The first kappa shape index (κ1) is 31.6. The molecule has 39 heavy (non-hydrogen) atoms. The molecule has 2 aromatic heterocycles. The number of likely N-dealkylation sites (N-methyl/N-ethyl adjacent to an activating group) is 1. The largest absolute Gasteiger partial charge is 0.477 e. The summed E-state index contributed by atoms with van der Waals surface area (Å²) in [5, 5.41) is 12.1. The Bertz CT molecular complexity index is 996. The van der Waals surface area contributed by atoms with E-state index in [1.54, 1.807) is 11.0 Å². The third kappa shape index (κ3) is 10.2. The van der Waals surface area contributed by atoms with E-state index in [1.807, 2.05) is 6.92 Å². The molecule has 0 spiro atoms. The number of aliphatic hydroxyl groups excluding tert-OH is 1. The smallest absolute Gasteiger partial charge is 0.323 e. The number of hydrogen-bond donors (Lipinski definition) is 3. The lowest BCUT2D eigenvalue weighted by Gasteiger charge is -2.39. The number of piperidine rings is 2. The number of aromatic nitrogens is 4. The van der Waals surface area contributed by atoms with Crippen molar-refractivity contribution in [3.8, 4) is 5.88 Å². The molecule has 4 rings (SSSR count). The molecule has 2 aliphatic rings. The van der Waals surface area contributed by atoms with Gasteiger partial charge in [-0.05, 0) is 52.4 Å². The van der Waals surface area contributed by atoms with Crippen LogP contribution in [0.4, 0.5) is 26.8 Å². The SMILES string of the molecule is CCOc1cnc(NC(=O)N(C)C2CN(c3nccc(NC=O)n3)CCC2F)cn1.CN1CCCCC1.CO. The first-order valence-corrected chi connectivity index (χ1v) is 13.0. The highest BCUT2D eigenvalue weighted by Crippen LogP contribution is 2.23. The molecule has 0 aromatic carbocycles. The number of anilines is 3. The molecular weight excluding hydrogens is 509 g/mol. The molecule has 3 N–H and O–H groups in total. The van der Waals surface area contributed by atoms with Crippen molar-refractivity contribution in [1.82, 2.24) is 29.7 Å². The first-order valence-electron chi connectivity index (χ1n) is 13.0. The molecule has 2 fully saturated rings. The van der Waals surface area contributed by atoms with Crippen molar-refractivity contribution in [2.24, 2.45) is 0 Å². The lowest BCUT2D eigenvalue weighted by Crippen LogP contribution is -2.55. The Labute approximate surface area is 228 Å². The number of likely N-dealkylation sites (tertiary alicyclic amines) is 1. The summed E-state index contributed by atoms with van der Waals surface area (Å²) in [6.07, 6.45) is 8.07. The number of amides is 3. The van der Waals surface area contributed by atoms with Gasteiger partial charge in [0.05, 0.1) is 25.0 Å². The van der Waals surface area contributed by atoms with Gasteiger partial charge < -0.3 is 29.9 Å². The Balaban J connectivity index is 0.000000507. The summed E-state index contributed by atoms with van der Waals surface area (Å²) < 4.78 is 19.8. The number of urea groups is 1. The number of carbonyl (C=O) groups is 2. The average molecular weight is 550 g/mol. The third-order valence-corrected chi connectivity index (χ3v) is 6.19. The zero-order chi connectivity index (χ0) is 28.6. The quantitative estimate of drug-likeness (QED) is 0.438. The molecule has 2 atom stereocenters. The molecule has 2 saturated heterocycles. The molecule has 13 nitrogen and oxygen atoms in total. The Hall–Kier alpha value is -3.65. The molecule has 0 radical (unpaired) electrons. The summed E-state index contributed by atoms with van der Waals surface area (Å²) >= 11 is 0. The summed E-state index contributed by atoms with van der Waals surface area (Å²) in [6.45, 7) is 5.51. The maximum absolute atomic E-state index is 14.6. The number of rotatable bonds is 7. The van der Waals surface area contributed by atoms with Gasteiger partial charge in [-0.3, -0.25) is 10.1 Å². The molecular formula is C25H40FN9O4. The Kier molecular flexibility index (Phi) is 13.8. The minimum absolute atomic E-state index is 0.199. The van der Waals surface area contributed by atoms with Crippen molar-refractivity contribution in [3.05, 3.63) is 24.7 Å². The molecule has 0 saturated carbocycles. The van der Waals surface area contributed by atoms with E-state index in [9.17, 15) is 14.0 Å². The fraction of sp³-hybridized carbons (Fsp3) is 0.600. The number of aliphatic hydroxyl groups is 1. The minimum Gasteiger partial charge on any atom is -0.477 e. The van der Waals surface area contributed by atoms with Gasteiger partial charge in [0.1, 0.15) is 12.0 Å². The molecule has 4 heterocycles. The van der Waals surface area contributed by atoms with Crippen LogP contribution < -0.4 is 20.3 Å². The lowest BCUT2D eigenvalue weighted by atomic mass is 10.0. The monoisotopic (exact) mass is 549 g/mol. The van der Waals surface area contributed by atoms with E-state index < -0.39 is 18.2 Å². The average Bonchev–Trinajstić information content (AvgIpc) is 2.96. The van der Waals surface area contributed by atoms with Gasteiger partial charge in [0, 0.05) is 33.4 Å². The van der Waals surface area contributed by atoms with Gasteiger partial charge in [-0.25, -0.2) is 24.1 Å². The second-order valence-corrected chi connectivity index (χ2v) is 8.90. The van der Waals surface area contributed by atoms with Crippen molar-refractivity contribution < 1.29 is 23.8 Å². The number of nitrogens with one attached hydrogen (secondary N) is 2. The van der Waals surface area contributed by atoms with Gasteiger partial charge in [0.15, 0.2) is 5.82 Å². The van der Waals surface area contributed by atoms with Gasteiger partial charge in [-0.1, -0.05) is 6.42 Å². The predicted octanol–water partition coefficient (Wildman–Crippen LogP) is 2.02. The standard InChI is InChI=1S/C18H23FN8O3.C6H13N.CH4O/c1-3-30-16-9-21-15(8-22-16)25-18(29)26(2)13-10-27(7-5-12(13)19)17-20-6-4-14(24-17)23-11-28;1-7-5-3-2-4-6-7;1-2/h4,6,8-9,11-13H,3,5,7,10H2,1-2H3,(H,21,25,29)(H,20,23,24,28);2-6H2,1H3;2H,1H3. The first-order chi connectivity index (χ1) is 18.9. The van der Waals surface area contributed by atoms with Crippen molar-refractivity contribution in [2.75, 3.05) is 69.5 Å². The summed E-state index contributed by atoms with van der Waals surface area (Å²) in [5.41, 5.74) is 0.